The van der Waals surface area contributed by atoms with E-state index in [1.54, 1.807) is 12.1 Å². The Hall–Kier alpha value is -1.28. The van der Waals surface area contributed by atoms with E-state index in [0.29, 0.717) is 5.75 Å². The molecule has 0 amide bonds. The van der Waals surface area contributed by atoms with Gasteiger partial charge < -0.3 is 4.89 Å². The maximum absolute atomic E-state index is 8.35. The zero-order chi connectivity index (χ0) is 10.1. The van der Waals surface area contributed by atoms with Crippen LogP contribution in [0.25, 0.3) is 0 Å². The van der Waals surface area contributed by atoms with E-state index < -0.39 is 0 Å². The molecule has 1 aromatic carbocycles. The third-order valence-corrected chi connectivity index (χ3v) is 1.45. The summed E-state index contributed by atoms with van der Waals surface area (Å²) in [5, 5.41) is 8.35. The van der Waals surface area contributed by atoms with Crippen molar-refractivity contribution in [3.8, 4) is 5.75 Å². The Kier molecular flexibility index (Phi) is 6.65. The first-order valence-electron chi connectivity index (χ1n) is 4.26. The van der Waals surface area contributed by atoms with Crippen LogP contribution in [0.1, 0.15) is 19.4 Å². The van der Waals surface area contributed by atoms with Crippen LogP contribution in [0, 0.1) is 0 Å². The summed E-state index contributed by atoms with van der Waals surface area (Å²) in [5.41, 5.74) is 1.02. The molecule has 72 valence electrons. The summed E-state index contributed by atoms with van der Waals surface area (Å²) in [6, 6.07) is 7.40. The van der Waals surface area contributed by atoms with E-state index in [0.717, 1.165) is 12.0 Å². The molecule has 0 atom stereocenters. The molecule has 0 radical (unpaired) electrons. The first-order valence-corrected chi connectivity index (χ1v) is 4.26. The predicted molar refractivity (Wildman–Crippen MR) is 54.9 cm³/mol. The maximum atomic E-state index is 8.35. The third kappa shape index (κ3) is 4.33. The van der Waals surface area contributed by atoms with Crippen LogP contribution < -0.4 is 4.89 Å². The molecule has 2 heteroatoms. The summed E-state index contributed by atoms with van der Waals surface area (Å²) in [4.78, 5) is 4.14. The van der Waals surface area contributed by atoms with Gasteiger partial charge in [0.2, 0.25) is 0 Å². The smallest absolute Gasteiger partial charge is 0.168 e. The molecule has 13 heavy (non-hydrogen) atoms. The fourth-order valence-electron chi connectivity index (χ4n) is 0.885. The molecule has 0 aliphatic heterocycles. The molecule has 0 aliphatic carbocycles. The molecule has 0 saturated heterocycles. The van der Waals surface area contributed by atoms with Crippen molar-refractivity contribution in [1.29, 1.82) is 0 Å². The fourth-order valence-corrected chi connectivity index (χ4v) is 0.885. The van der Waals surface area contributed by atoms with E-state index in [1.165, 1.54) is 0 Å². The van der Waals surface area contributed by atoms with E-state index in [9.17, 15) is 0 Å². The number of hydrogen-bond acceptors (Lipinski definition) is 2. The monoisotopic (exact) mass is 180 g/mol. The van der Waals surface area contributed by atoms with Gasteiger partial charge in [0.1, 0.15) is 0 Å². The van der Waals surface area contributed by atoms with Crippen molar-refractivity contribution in [2.24, 2.45) is 0 Å². The van der Waals surface area contributed by atoms with Crippen LogP contribution in [0.2, 0.25) is 0 Å². The highest BCUT2D eigenvalue weighted by Gasteiger charge is 1.97. The molecule has 1 rings (SSSR count). The molecular weight excluding hydrogens is 164 g/mol. The Morgan fingerprint density at radius 1 is 1.46 bits per heavy atom. The second-order valence-electron chi connectivity index (χ2n) is 2.46. The van der Waals surface area contributed by atoms with Gasteiger partial charge in [-0.3, -0.25) is 0 Å². The van der Waals surface area contributed by atoms with Gasteiger partial charge in [0, 0.05) is 0 Å². The molecule has 1 N–H and O–H groups in total. The molecule has 2 nitrogen and oxygen atoms in total. The van der Waals surface area contributed by atoms with Crippen LogP contribution in [-0.4, -0.2) is 5.26 Å². The summed E-state index contributed by atoms with van der Waals surface area (Å²) in [5.74, 6) is 0.546. The summed E-state index contributed by atoms with van der Waals surface area (Å²) in [7, 11) is 0. The van der Waals surface area contributed by atoms with E-state index in [-0.39, 0.29) is 0 Å². The Balaban J connectivity index is 0.000000424. The Labute approximate surface area is 79.4 Å². The van der Waals surface area contributed by atoms with Gasteiger partial charge in [-0.25, -0.2) is 5.26 Å². The van der Waals surface area contributed by atoms with Gasteiger partial charge in [-0.2, -0.15) is 0 Å². The lowest BCUT2D eigenvalue weighted by molar-refractivity contribution is -0.138. The molecule has 0 heterocycles. The van der Waals surface area contributed by atoms with Crippen LogP contribution in [0.5, 0.6) is 5.75 Å². The highest BCUT2D eigenvalue weighted by molar-refractivity contribution is 5.32. The maximum Gasteiger partial charge on any atom is 0.168 e. The van der Waals surface area contributed by atoms with E-state index in [2.05, 4.69) is 11.5 Å². The standard InChI is InChI=1S/C8H10O2.C3H6/c1-2-7-5-3-4-6-8(7)10-9;1-3-2/h3-6,9H,2H2,1H3;3H,1H2,2H3. The number of para-hydroxylation sites is 1. The summed E-state index contributed by atoms with van der Waals surface area (Å²) in [6.07, 6.45) is 2.62. The van der Waals surface area contributed by atoms with Crippen LogP contribution in [0.4, 0.5) is 0 Å². The minimum atomic E-state index is 0.546. The first kappa shape index (κ1) is 11.7. The van der Waals surface area contributed by atoms with Gasteiger partial charge in [-0.1, -0.05) is 31.2 Å². The summed E-state index contributed by atoms with van der Waals surface area (Å²) < 4.78 is 0. The van der Waals surface area contributed by atoms with Crippen molar-refractivity contribution in [3.05, 3.63) is 42.5 Å². The van der Waals surface area contributed by atoms with Crippen molar-refractivity contribution in [3.63, 3.8) is 0 Å². The Morgan fingerprint density at radius 2 is 2.00 bits per heavy atom. The van der Waals surface area contributed by atoms with Crippen molar-refractivity contribution >= 4 is 0 Å². The molecule has 0 saturated carbocycles. The van der Waals surface area contributed by atoms with E-state index in [1.807, 2.05) is 32.0 Å². The molecular formula is C11H16O2. The number of allylic oxidation sites excluding steroid dienone is 1. The van der Waals surface area contributed by atoms with Crippen LogP contribution in [-0.2, 0) is 6.42 Å². The summed E-state index contributed by atoms with van der Waals surface area (Å²) >= 11 is 0. The van der Waals surface area contributed by atoms with Crippen LogP contribution >= 0.6 is 0 Å². The molecule has 0 aromatic heterocycles. The minimum absolute atomic E-state index is 0.546. The first-order chi connectivity index (χ1) is 6.29. The predicted octanol–water partition coefficient (Wildman–Crippen LogP) is 3.29. The van der Waals surface area contributed by atoms with Gasteiger partial charge in [-0.15, -0.1) is 6.58 Å². The molecule has 0 fully saturated rings. The largest absolute Gasteiger partial charge is 0.340 e. The number of aryl methyl sites for hydroxylation is 1. The van der Waals surface area contributed by atoms with Gasteiger partial charge in [0.15, 0.2) is 5.75 Å². The quantitative estimate of drug-likeness (QED) is 0.430. The third-order valence-electron chi connectivity index (χ3n) is 1.45. The number of hydrogen-bond donors (Lipinski definition) is 1. The Morgan fingerprint density at radius 3 is 2.38 bits per heavy atom. The van der Waals surface area contributed by atoms with Crippen molar-refractivity contribution in [2.75, 3.05) is 0 Å². The Bertz CT molecular complexity index is 221. The highest BCUT2D eigenvalue weighted by Crippen LogP contribution is 2.16. The highest BCUT2D eigenvalue weighted by atomic mass is 17.1. The fraction of sp³-hybridized carbons (Fsp3) is 0.273. The topological polar surface area (TPSA) is 29.5 Å². The van der Waals surface area contributed by atoms with Crippen LogP contribution in [0.3, 0.4) is 0 Å². The second kappa shape index (κ2) is 7.37. The van der Waals surface area contributed by atoms with Gasteiger partial charge in [0.05, 0.1) is 0 Å². The van der Waals surface area contributed by atoms with E-state index in [4.69, 9.17) is 5.26 Å². The SMILES string of the molecule is C=CC.CCc1ccccc1OO. The number of rotatable bonds is 2. The molecule has 1 aromatic rings. The van der Waals surface area contributed by atoms with Crippen LogP contribution in [0.15, 0.2) is 36.9 Å². The van der Waals surface area contributed by atoms with Gasteiger partial charge >= 0.3 is 0 Å². The zero-order valence-electron chi connectivity index (χ0n) is 8.16. The lowest BCUT2D eigenvalue weighted by Gasteiger charge is -2.01. The van der Waals surface area contributed by atoms with Crippen molar-refractivity contribution in [2.45, 2.75) is 20.3 Å². The average Bonchev–Trinajstić information content (AvgIpc) is 2.19. The number of benzene rings is 1. The molecule has 0 spiro atoms. The molecule has 0 bridgehead atoms. The average molecular weight is 180 g/mol. The van der Waals surface area contributed by atoms with E-state index >= 15 is 0 Å². The lowest BCUT2D eigenvalue weighted by atomic mass is 10.1. The normalized spacial score (nSPS) is 8.23. The molecule has 0 unspecified atom stereocenters. The lowest BCUT2D eigenvalue weighted by Crippen LogP contribution is -1.89. The summed E-state index contributed by atoms with van der Waals surface area (Å²) in [6.45, 7) is 7.26. The van der Waals surface area contributed by atoms with Gasteiger partial charge in [-0.05, 0) is 25.0 Å². The van der Waals surface area contributed by atoms with Gasteiger partial charge in [0.25, 0.3) is 0 Å². The van der Waals surface area contributed by atoms with Crippen molar-refractivity contribution in [1.82, 2.24) is 0 Å². The minimum Gasteiger partial charge on any atom is -0.340 e. The van der Waals surface area contributed by atoms with Crippen molar-refractivity contribution < 1.29 is 10.1 Å². The zero-order valence-corrected chi connectivity index (χ0v) is 8.16. The second-order valence-corrected chi connectivity index (χ2v) is 2.46. The molecule has 0 aliphatic rings.